The number of imidazole rings is 1. The van der Waals surface area contributed by atoms with E-state index in [2.05, 4.69) is 22.2 Å². The van der Waals surface area contributed by atoms with E-state index in [4.69, 9.17) is 0 Å². The number of carbonyl (C=O) groups is 1. The lowest BCUT2D eigenvalue weighted by molar-refractivity contribution is 0.0691. The van der Waals surface area contributed by atoms with Crippen LogP contribution >= 0.6 is 0 Å². The Morgan fingerprint density at radius 3 is 2.67 bits per heavy atom. The van der Waals surface area contributed by atoms with Gasteiger partial charge in [0.2, 0.25) is 5.69 Å². The number of aromatic nitrogens is 5. The Morgan fingerprint density at radius 1 is 1.29 bits per heavy atom. The van der Waals surface area contributed by atoms with Crippen molar-refractivity contribution < 1.29 is 9.90 Å². The topological polar surface area (TPSA) is 85.8 Å². The van der Waals surface area contributed by atoms with Crippen LogP contribution in [0.5, 0.6) is 0 Å². The second-order valence-electron chi connectivity index (χ2n) is 5.09. The molecule has 7 heteroatoms. The molecule has 0 saturated carbocycles. The number of carboxylic acid groups (broad SMARTS) is 1. The molecule has 21 heavy (non-hydrogen) atoms. The monoisotopic (exact) mass is 291 g/mol. The van der Waals surface area contributed by atoms with Crippen LogP contribution < -0.4 is 0 Å². The highest BCUT2D eigenvalue weighted by Crippen LogP contribution is 2.20. The standard InChI is InChI=1S/C14H21N5O2/c1-3-4-5-6-7-9-19-12(11(14(20)21)16-17-19)13-15-8-10-18(13)2/h8,10H,3-7,9H2,1-2H3,(H,20,21). The molecule has 7 nitrogen and oxygen atoms in total. The third-order valence-corrected chi connectivity index (χ3v) is 3.44. The molecule has 0 amide bonds. The van der Waals surface area contributed by atoms with Crippen LogP contribution in [0.1, 0.15) is 49.5 Å². The van der Waals surface area contributed by atoms with E-state index in [1.807, 2.05) is 7.05 Å². The van der Waals surface area contributed by atoms with Gasteiger partial charge in [-0.05, 0) is 6.42 Å². The Kier molecular flexibility index (Phi) is 5.08. The van der Waals surface area contributed by atoms with Crippen molar-refractivity contribution in [2.24, 2.45) is 7.05 Å². The number of hydrogen-bond donors (Lipinski definition) is 1. The molecule has 0 aliphatic heterocycles. The van der Waals surface area contributed by atoms with Crippen molar-refractivity contribution in [1.29, 1.82) is 0 Å². The van der Waals surface area contributed by atoms with Crippen LogP contribution in [-0.2, 0) is 13.6 Å². The van der Waals surface area contributed by atoms with E-state index in [0.29, 0.717) is 18.1 Å². The van der Waals surface area contributed by atoms with Crippen LogP contribution in [0.2, 0.25) is 0 Å². The van der Waals surface area contributed by atoms with E-state index >= 15 is 0 Å². The SMILES string of the molecule is CCCCCCCn1nnc(C(=O)O)c1-c1nccn1C. The van der Waals surface area contributed by atoms with E-state index in [1.54, 1.807) is 21.6 Å². The molecule has 2 rings (SSSR count). The lowest BCUT2D eigenvalue weighted by Gasteiger charge is -2.07. The van der Waals surface area contributed by atoms with Crippen LogP contribution in [-0.4, -0.2) is 35.6 Å². The summed E-state index contributed by atoms with van der Waals surface area (Å²) in [6.07, 6.45) is 9.10. The third kappa shape index (κ3) is 3.48. The van der Waals surface area contributed by atoms with Crippen LogP contribution in [0, 0.1) is 0 Å². The van der Waals surface area contributed by atoms with E-state index in [-0.39, 0.29) is 5.69 Å². The molecule has 0 aliphatic rings. The zero-order chi connectivity index (χ0) is 15.2. The molecule has 0 fully saturated rings. The van der Waals surface area contributed by atoms with Crippen LogP contribution in [0.25, 0.3) is 11.5 Å². The maximum Gasteiger partial charge on any atom is 0.358 e. The van der Waals surface area contributed by atoms with Gasteiger partial charge in [-0.15, -0.1) is 5.10 Å². The minimum atomic E-state index is -1.08. The van der Waals surface area contributed by atoms with Crippen molar-refractivity contribution in [3.05, 3.63) is 18.1 Å². The first-order valence-corrected chi connectivity index (χ1v) is 7.29. The number of hydrogen-bond acceptors (Lipinski definition) is 4. The minimum absolute atomic E-state index is 0.0436. The van der Waals surface area contributed by atoms with Gasteiger partial charge in [0, 0.05) is 26.0 Å². The van der Waals surface area contributed by atoms with Gasteiger partial charge in [-0.25, -0.2) is 14.5 Å². The number of nitrogens with zero attached hydrogens (tertiary/aromatic N) is 5. The molecule has 114 valence electrons. The van der Waals surface area contributed by atoms with E-state index in [1.165, 1.54) is 19.3 Å². The molecule has 1 N–H and O–H groups in total. The zero-order valence-electron chi connectivity index (χ0n) is 12.5. The summed E-state index contributed by atoms with van der Waals surface area (Å²) in [6.45, 7) is 2.84. The van der Waals surface area contributed by atoms with E-state index < -0.39 is 5.97 Å². The summed E-state index contributed by atoms with van der Waals surface area (Å²) in [4.78, 5) is 15.5. The summed E-state index contributed by atoms with van der Waals surface area (Å²) in [6, 6.07) is 0. The molecule has 2 aromatic rings. The molecule has 0 radical (unpaired) electrons. The Balaban J connectivity index is 2.18. The molecule has 2 aromatic heterocycles. The number of aryl methyl sites for hydroxylation is 2. The molecule has 0 bridgehead atoms. The highest BCUT2D eigenvalue weighted by Gasteiger charge is 2.23. The first-order chi connectivity index (χ1) is 10.1. The summed E-state index contributed by atoms with van der Waals surface area (Å²) >= 11 is 0. The second-order valence-corrected chi connectivity index (χ2v) is 5.09. The van der Waals surface area contributed by atoms with E-state index in [0.717, 1.165) is 12.8 Å². The average Bonchev–Trinajstić information content (AvgIpc) is 3.04. The first-order valence-electron chi connectivity index (χ1n) is 7.29. The summed E-state index contributed by atoms with van der Waals surface area (Å²) in [7, 11) is 1.83. The van der Waals surface area contributed by atoms with Gasteiger partial charge in [0.25, 0.3) is 0 Å². The fraction of sp³-hybridized carbons (Fsp3) is 0.571. The summed E-state index contributed by atoms with van der Waals surface area (Å²) in [5.41, 5.74) is 0.434. The van der Waals surface area contributed by atoms with Crippen LogP contribution in [0.3, 0.4) is 0 Å². The molecule has 0 spiro atoms. The molecule has 0 atom stereocenters. The van der Waals surface area contributed by atoms with Gasteiger partial charge < -0.3 is 9.67 Å². The van der Waals surface area contributed by atoms with Crippen molar-refractivity contribution in [3.8, 4) is 11.5 Å². The Morgan fingerprint density at radius 2 is 2.05 bits per heavy atom. The Hall–Kier alpha value is -2.18. The molecule has 0 unspecified atom stereocenters. The second kappa shape index (κ2) is 7.01. The van der Waals surface area contributed by atoms with Crippen molar-refractivity contribution >= 4 is 5.97 Å². The van der Waals surface area contributed by atoms with Gasteiger partial charge in [0.1, 0.15) is 5.69 Å². The normalized spacial score (nSPS) is 11.0. The lowest BCUT2D eigenvalue weighted by atomic mass is 10.1. The van der Waals surface area contributed by atoms with Crippen molar-refractivity contribution in [2.75, 3.05) is 0 Å². The van der Waals surface area contributed by atoms with E-state index in [9.17, 15) is 9.90 Å². The maximum atomic E-state index is 11.3. The predicted octanol–water partition coefficient (Wildman–Crippen LogP) is 2.35. The minimum Gasteiger partial charge on any atom is -0.476 e. The van der Waals surface area contributed by atoms with Gasteiger partial charge >= 0.3 is 5.97 Å². The molecular weight excluding hydrogens is 270 g/mol. The highest BCUT2D eigenvalue weighted by molar-refractivity contribution is 5.91. The predicted molar refractivity (Wildman–Crippen MR) is 77.9 cm³/mol. The summed E-state index contributed by atoms with van der Waals surface area (Å²) < 4.78 is 3.43. The Labute approximate surface area is 123 Å². The number of unbranched alkanes of at least 4 members (excludes halogenated alkanes) is 4. The number of carboxylic acids is 1. The quantitative estimate of drug-likeness (QED) is 0.754. The average molecular weight is 291 g/mol. The molecule has 2 heterocycles. The third-order valence-electron chi connectivity index (χ3n) is 3.44. The largest absolute Gasteiger partial charge is 0.476 e. The highest BCUT2D eigenvalue weighted by atomic mass is 16.4. The fourth-order valence-corrected chi connectivity index (χ4v) is 2.29. The number of rotatable bonds is 8. The van der Waals surface area contributed by atoms with Crippen molar-refractivity contribution in [3.63, 3.8) is 0 Å². The van der Waals surface area contributed by atoms with Gasteiger partial charge in [0.15, 0.2) is 5.82 Å². The van der Waals surface area contributed by atoms with Crippen LogP contribution in [0.4, 0.5) is 0 Å². The Bertz CT molecular complexity index is 602. The summed E-state index contributed by atoms with van der Waals surface area (Å²) in [5, 5.41) is 17.0. The maximum absolute atomic E-state index is 11.3. The molecule has 0 saturated heterocycles. The van der Waals surface area contributed by atoms with Gasteiger partial charge in [-0.1, -0.05) is 37.8 Å². The fourth-order valence-electron chi connectivity index (χ4n) is 2.29. The van der Waals surface area contributed by atoms with Gasteiger partial charge in [-0.2, -0.15) is 0 Å². The van der Waals surface area contributed by atoms with Gasteiger partial charge in [-0.3, -0.25) is 0 Å². The molecular formula is C14H21N5O2. The smallest absolute Gasteiger partial charge is 0.358 e. The molecule has 0 aromatic carbocycles. The first kappa shape index (κ1) is 15.2. The van der Waals surface area contributed by atoms with Crippen molar-refractivity contribution in [1.82, 2.24) is 24.5 Å². The van der Waals surface area contributed by atoms with Gasteiger partial charge in [0.05, 0.1) is 0 Å². The van der Waals surface area contributed by atoms with Crippen LogP contribution in [0.15, 0.2) is 12.4 Å². The molecule has 0 aliphatic carbocycles. The van der Waals surface area contributed by atoms with Crippen molar-refractivity contribution in [2.45, 2.75) is 45.6 Å². The summed E-state index contributed by atoms with van der Waals surface area (Å²) in [5.74, 6) is -0.504. The zero-order valence-corrected chi connectivity index (χ0v) is 12.5. The lowest BCUT2D eigenvalue weighted by Crippen LogP contribution is -2.08. The number of aromatic carboxylic acids is 1.